The Balaban J connectivity index is 2.45. The highest BCUT2D eigenvalue weighted by Gasteiger charge is 2.14. The minimum absolute atomic E-state index is 0.00630. The molecule has 0 unspecified atom stereocenters. The van der Waals surface area contributed by atoms with E-state index in [4.69, 9.17) is 11.6 Å². The third-order valence-electron chi connectivity index (χ3n) is 2.31. The zero-order valence-corrected chi connectivity index (χ0v) is 10.7. The Bertz CT molecular complexity index is 522. The van der Waals surface area contributed by atoms with Crippen molar-refractivity contribution >= 4 is 28.7 Å². The first-order valence-electron chi connectivity index (χ1n) is 4.94. The molecule has 3 heteroatoms. The first-order chi connectivity index (χ1) is 7.58. The Morgan fingerprint density at radius 1 is 1.19 bits per heavy atom. The lowest BCUT2D eigenvalue weighted by Gasteiger charge is -2.03. The summed E-state index contributed by atoms with van der Waals surface area (Å²) in [6, 6.07) is 7.59. The van der Waals surface area contributed by atoms with Gasteiger partial charge in [0.1, 0.15) is 0 Å². The van der Waals surface area contributed by atoms with E-state index in [1.54, 1.807) is 6.07 Å². The van der Waals surface area contributed by atoms with E-state index < -0.39 is 0 Å². The minimum atomic E-state index is 0.00630. The quantitative estimate of drug-likeness (QED) is 0.729. The number of hydrogen-bond donors (Lipinski definition) is 0. The molecule has 1 nitrogen and oxygen atoms in total. The molecule has 0 aliphatic rings. The molecule has 0 fully saturated rings. The third kappa shape index (κ3) is 2.18. The predicted octanol–water partition coefficient (Wildman–Crippen LogP) is 4.25. The molecule has 0 N–H and O–H groups in total. The molecule has 82 valence electrons. The van der Waals surface area contributed by atoms with Crippen LogP contribution in [0.4, 0.5) is 0 Å². The van der Waals surface area contributed by atoms with Crippen molar-refractivity contribution in [2.24, 2.45) is 0 Å². The second-order valence-electron chi connectivity index (χ2n) is 3.80. The van der Waals surface area contributed by atoms with Crippen LogP contribution in [0, 0.1) is 13.8 Å². The van der Waals surface area contributed by atoms with E-state index in [-0.39, 0.29) is 5.78 Å². The summed E-state index contributed by atoms with van der Waals surface area (Å²) in [5, 5.41) is 2.37. The van der Waals surface area contributed by atoms with Crippen molar-refractivity contribution in [2.45, 2.75) is 13.8 Å². The van der Waals surface area contributed by atoms with Gasteiger partial charge in [-0.2, -0.15) is 0 Å². The molecule has 1 heterocycles. The van der Waals surface area contributed by atoms with Crippen molar-refractivity contribution in [3.8, 4) is 0 Å². The highest BCUT2D eigenvalue weighted by atomic mass is 35.5. The average molecular weight is 251 g/mol. The maximum absolute atomic E-state index is 12.2. The maximum atomic E-state index is 12.2. The second kappa shape index (κ2) is 4.40. The lowest BCUT2D eigenvalue weighted by molar-refractivity contribution is 0.104. The van der Waals surface area contributed by atoms with Gasteiger partial charge in [-0.25, -0.2) is 0 Å². The zero-order chi connectivity index (χ0) is 11.7. The van der Waals surface area contributed by atoms with Crippen LogP contribution in [0.3, 0.4) is 0 Å². The van der Waals surface area contributed by atoms with Crippen LogP contribution < -0.4 is 0 Å². The Labute approximate surface area is 104 Å². The van der Waals surface area contributed by atoms with Crippen LogP contribution in [-0.2, 0) is 0 Å². The van der Waals surface area contributed by atoms with Crippen LogP contribution in [0.2, 0.25) is 5.02 Å². The summed E-state index contributed by atoms with van der Waals surface area (Å²) in [4.78, 5) is 12.8. The molecule has 0 amide bonds. The van der Waals surface area contributed by atoms with Gasteiger partial charge >= 0.3 is 0 Å². The first kappa shape index (κ1) is 11.4. The number of halogens is 1. The molecule has 2 aromatic rings. The number of carbonyl (C=O) groups is 1. The number of benzene rings is 1. The van der Waals surface area contributed by atoms with Gasteiger partial charge in [-0.1, -0.05) is 28.8 Å². The van der Waals surface area contributed by atoms with E-state index in [9.17, 15) is 4.79 Å². The highest BCUT2D eigenvalue weighted by Crippen LogP contribution is 2.25. The monoisotopic (exact) mass is 250 g/mol. The van der Waals surface area contributed by atoms with Gasteiger partial charge in [-0.15, -0.1) is 11.3 Å². The summed E-state index contributed by atoms with van der Waals surface area (Å²) in [7, 11) is 0. The molecule has 1 aromatic heterocycles. The maximum Gasteiger partial charge on any atom is 0.204 e. The fourth-order valence-corrected chi connectivity index (χ4v) is 2.80. The SMILES string of the molecule is Cc1cc(C)cc(C(=O)c2sccc2Cl)c1. The molecule has 16 heavy (non-hydrogen) atoms. The predicted molar refractivity (Wildman–Crippen MR) is 68.7 cm³/mol. The minimum Gasteiger partial charge on any atom is -0.288 e. The van der Waals surface area contributed by atoms with E-state index in [2.05, 4.69) is 0 Å². The third-order valence-corrected chi connectivity index (χ3v) is 3.65. The molecule has 0 saturated heterocycles. The summed E-state index contributed by atoms with van der Waals surface area (Å²) in [5.74, 6) is 0.00630. The Morgan fingerprint density at radius 2 is 1.81 bits per heavy atom. The van der Waals surface area contributed by atoms with Crippen molar-refractivity contribution in [3.63, 3.8) is 0 Å². The van der Waals surface area contributed by atoms with Crippen LogP contribution in [0.5, 0.6) is 0 Å². The summed E-state index contributed by atoms with van der Waals surface area (Å²) in [5.41, 5.74) is 2.90. The van der Waals surface area contributed by atoms with E-state index in [0.717, 1.165) is 11.1 Å². The van der Waals surface area contributed by atoms with Crippen LogP contribution in [0.15, 0.2) is 29.6 Å². The van der Waals surface area contributed by atoms with Gasteiger partial charge in [0.25, 0.3) is 0 Å². The Hall–Kier alpha value is -1.12. The molecule has 2 rings (SSSR count). The van der Waals surface area contributed by atoms with Crippen LogP contribution in [0.25, 0.3) is 0 Å². The lowest BCUT2D eigenvalue weighted by Crippen LogP contribution is -2.00. The van der Waals surface area contributed by atoms with Crippen molar-refractivity contribution < 1.29 is 4.79 Å². The summed E-state index contributed by atoms with van der Waals surface area (Å²) < 4.78 is 0. The first-order valence-corrected chi connectivity index (χ1v) is 6.19. The number of thiophene rings is 1. The summed E-state index contributed by atoms with van der Waals surface area (Å²) in [6.07, 6.45) is 0. The highest BCUT2D eigenvalue weighted by molar-refractivity contribution is 7.13. The van der Waals surface area contributed by atoms with Gasteiger partial charge in [0.05, 0.1) is 9.90 Å². The number of hydrogen-bond acceptors (Lipinski definition) is 2. The molecule has 0 bridgehead atoms. The molecule has 0 atom stereocenters. The van der Waals surface area contributed by atoms with Crippen molar-refractivity contribution in [3.05, 3.63) is 56.2 Å². The zero-order valence-electron chi connectivity index (χ0n) is 9.08. The smallest absolute Gasteiger partial charge is 0.204 e. The fraction of sp³-hybridized carbons (Fsp3) is 0.154. The van der Waals surface area contributed by atoms with Crippen molar-refractivity contribution in [1.82, 2.24) is 0 Å². The summed E-state index contributed by atoms with van der Waals surface area (Å²) in [6.45, 7) is 3.97. The van der Waals surface area contributed by atoms with Gasteiger partial charge < -0.3 is 0 Å². The topological polar surface area (TPSA) is 17.1 Å². The Kier molecular flexibility index (Phi) is 3.13. The number of rotatable bonds is 2. The van der Waals surface area contributed by atoms with Gasteiger partial charge in [0, 0.05) is 5.56 Å². The second-order valence-corrected chi connectivity index (χ2v) is 5.13. The van der Waals surface area contributed by atoms with Crippen LogP contribution in [-0.4, -0.2) is 5.78 Å². The van der Waals surface area contributed by atoms with Crippen molar-refractivity contribution in [1.29, 1.82) is 0 Å². The number of ketones is 1. The van der Waals surface area contributed by atoms with E-state index in [1.165, 1.54) is 11.3 Å². The van der Waals surface area contributed by atoms with E-state index in [0.29, 0.717) is 15.5 Å². The largest absolute Gasteiger partial charge is 0.288 e. The fourth-order valence-electron chi connectivity index (χ4n) is 1.69. The molecule has 0 aliphatic carbocycles. The molecule has 0 saturated carbocycles. The molecular weight excluding hydrogens is 240 g/mol. The number of carbonyl (C=O) groups excluding carboxylic acids is 1. The normalized spacial score (nSPS) is 10.4. The molecule has 1 aromatic carbocycles. The lowest BCUT2D eigenvalue weighted by atomic mass is 10.0. The standard InChI is InChI=1S/C13H11ClOS/c1-8-5-9(2)7-10(6-8)12(15)13-11(14)3-4-16-13/h3-7H,1-2H3. The van der Waals surface area contributed by atoms with E-state index in [1.807, 2.05) is 37.4 Å². The Morgan fingerprint density at radius 3 is 2.31 bits per heavy atom. The van der Waals surface area contributed by atoms with Crippen LogP contribution >= 0.6 is 22.9 Å². The molecular formula is C13H11ClOS. The van der Waals surface area contributed by atoms with Crippen molar-refractivity contribution in [2.75, 3.05) is 0 Å². The molecule has 0 spiro atoms. The van der Waals surface area contributed by atoms with Gasteiger partial charge in [0.15, 0.2) is 0 Å². The summed E-state index contributed by atoms with van der Waals surface area (Å²) >= 11 is 7.34. The van der Waals surface area contributed by atoms with Gasteiger partial charge in [-0.05, 0) is 37.4 Å². The molecule has 0 aliphatic heterocycles. The van der Waals surface area contributed by atoms with Crippen LogP contribution in [0.1, 0.15) is 26.4 Å². The average Bonchev–Trinajstić information content (AvgIpc) is 2.62. The number of aryl methyl sites for hydroxylation is 2. The van der Waals surface area contributed by atoms with E-state index >= 15 is 0 Å². The van der Waals surface area contributed by atoms with Gasteiger partial charge in [-0.3, -0.25) is 4.79 Å². The molecule has 0 radical (unpaired) electrons. The van der Waals surface area contributed by atoms with Gasteiger partial charge in [0.2, 0.25) is 5.78 Å².